The average molecular weight is 502 g/mol. The molecule has 0 bridgehead atoms. The second kappa shape index (κ2) is 10.2. The maximum Gasteiger partial charge on any atom is 0.227 e. The number of hydrogen-bond acceptors (Lipinski definition) is 12. The number of fused-ring (bicyclic) bond motifs is 1. The van der Waals surface area contributed by atoms with Crippen LogP contribution in [0.5, 0.6) is 0 Å². The van der Waals surface area contributed by atoms with E-state index in [1.54, 1.807) is 17.9 Å². The Morgan fingerprint density at radius 2 is 1.89 bits per heavy atom. The largest absolute Gasteiger partial charge is 0.387 e. The number of aliphatic hydroxyl groups is 2. The Balaban J connectivity index is 1.49. The minimum atomic E-state index is -1.25. The van der Waals surface area contributed by atoms with Crippen molar-refractivity contribution in [3.05, 3.63) is 12.2 Å². The average Bonchev–Trinajstić information content (AvgIpc) is 3.57. The molecule has 14 nitrogen and oxygen atoms in total. The fraction of sp³-hybridized carbons (Fsp3) is 0.727. The molecule has 0 spiro atoms. The zero-order chi connectivity index (χ0) is 25.4. The fourth-order valence-corrected chi connectivity index (χ4v) is 4.92. The van der Waals surface area contributed by atoms with Gasteiger partial charge in [-0.15, -0.1) is 10.2 Å². The van der Waals surface area contributed by atoms with Crippen molar-refractivity contribution in [2.75, 3.05) is 10.6 Å². The van der Waals surface area contributed by atoms with Gasteiger partial charge in [0.2, 0.25) is 11.8 Å². The fourth-order valence-electron chi connectivity index (χ4n) is 4.92. The number of anilines is 2. The van der Waals surface area contributed by atoms with E-state index in [0.717, 1.165) is 38.5 Å². The lowest BCUT2D eigenvalue weighted by molar-refractivity contribution is -0.0384. The van der Waals surface area contributed by atoms with Gasteiger partial charge in [0, 0.05) is 18.1 Å². The topological polar surface area (TPSA) is 187 Å². The van der Waals surface area contributed by atoms with Gasteiger partial charge < -0.3 is 31.3 Å². The third-order valence-electron chi connectivity index (χ3n) is 7.14. The van der Waals surface area contributed by atoms with Crippen molar-refractivity contribution >= 4 is 22.9 Å². The highest BCUT2D eigenvalue weighted by Crippen LogP contribution is 2.39. The van der Waals surface area contributed by atoms with Gasteiger partial charge in [-0.25, -0.2) is 4.98 Å². The molecule has 4 atom stereocenters. The number of hydrogen-bond donors (Lipinski definition) is 5. The van der Waals surface area contributed by atoms with Crippen LogP contribution >= 0.6 is 0 Å². The van der Waals surface area contributed by atoms with Gasteiger partial charge in [-0.05, 0) is 43.7 Å². The Bertz CT molecular complexity index is 1170. The molecule has 196 valence electrons. The number of tetrazole rings is 1. The molecule has 0 radical (unpaired) electrons. The van der Waals surface area contributed by atoms with Crippen LogP contribution in [-0.4, -0.2) is 80.3 Å². The predicted molar refractivity (Wildman–Crippen MR) is 131 cm³/mol. The summed E-state index contributed by atoms with van der Waals surface area (Å²) >= 11 is 0. The number of imidazole rings is 1. The second-order valence-electron chi connectivity index (χ2n) is 9.70. The number of nitrogens with zero attached hydrogens (tertiary/aromatic N) is 8. The van der Waals surface area contributed by atoms with Crippen molar-refractivity contribution in [2.24, 2.45) is 12.8 Å². The van der Waals surface area contributed by atoms with Gasteiger partial charge in [0.05, 0.1) is 13.4 Å². The Morgan fingerprint density at radius 3 is 2.56 bits per heavy atom. The van der Waals surface area contributed by atoms with Crippen molar-refractivity contribution in [3.8, 4) is 0 Å². The Morgan fingerprint density at radius 1 is 1.14 bits per heavy atom. The van der Waals surface area contributed by atoms with E-state index in [4.69, 9.17) is 20.4 Å². The number of aryl methyl sites for hydroxylation is 1. The van der Waals surface area contributed by atoms with Crippen molar-refractivity contribution in [3.63, 3.8) is 0 Å². The number of nitrogens with one attached hydrogen (secondary N) is 2. The molecule has 36 heavy (non-hydrogen) atoms. The molecule has 14 heteroatoms. The van der Waals surface area contributed by atoms with Gasteiger partial charge >= 0.3 is 0 Å². The molecule has 1 aliphatic carbocycles. The van der Waals surface area contributed by atoms with Crippen LogP contribution in [-0.2, 0) is 11.8 Å². The Labute approximate surface area is 208 Å². The van der Waals surface area contributed by atoms with Crippen LogP contribution in [0.15, 0.2) is 6.33 Å². The molecule has 1 saturated heterocycles. The molecular formula is C22H35N11O3. The molecule has 2 fully saturated rings. The van der Waals surface area contributed by atoms with Gasteiger partial charge in [0.1, 0.15) is 12.2 Å². The number of nitrogens with two attached hydrogens (primary N) is 1. The van der Waals surface area contributed by atoms with E-state index in [2.05, 4.69) is 44.9 Å². The van der Waals surface area contributed by atoms with Crippen LogP contribution < -0.4 is 16.4 Å². The molecule has 3 aromatic heterocycles. The molecule has 1 saturated carbocycles. The van der Waals surface area contributed by atoms with E-state index >= 15 is 0 Å². The quantitative estimate of drug-likeness (QED) is 0.290. The number of aromatic nitrogens is 8. The molecule has 0 amide bonds. The first-order valence-corrected chi connectivity index (χ1v) is 12.7. The lowest BCUT2D eigenvalue weighted by Gasteiger charge is -2.27. The van der Waals surface area contributed by atoms with E-state index in [1.165, 1.54) is 4.80 Å². The summed E-state index contributed by atoms with van der Waals surface area (Å²) in [5.74, 6) is 1.28. The van der Waals surface area contributed by atoms with Crippen LogP contribution in [0.2, 0.25) is 0 Å². The SMILES string of the molecule is CCC(CC)Nc1nc(N[C@H]2CC[C@H](N)CC2)nc2c1ncn2[C@@H]1O[C@H](c2nnn(C)n2)[C@@H](O)[C@H]1O. The molecular weight excluding hydrogens is 466 g/mol. The highest BCUT2D eigenvalue weighted by molar-refractivity contribution is 5.84. The lowest BCUT2D eigenvalue weighted by Crippen LogP contribution is -2.33. The molecule has 4 heterocycles. The molecule has 6 N–H and O–H groups in total. The normalized spacial score (nSPS) is 28.8. The summed E-state index contributed by atoms with van der Waals surface area (Å²) in [6, 6.07) is 0.682. The van der Waals surface area contributed by atoms with Gasteiger partial charge in [0.15, 0.2) is 29.3 Å². The minimum absolute atomic E-state index is 0.194. The van der Waals surface area contributed by atoms with Gasteiger partial charge in [-0.3, -0.25) is 4.57 Å². The van der Waals surface area contributed by atoms with Gasteiger partial charge in [0.25, 0.3) is 0 Å². The first kappa shape index (κ1) is 24.7. The van der Waals surface area contributed by atoms with Crippen molar-refractivity contribution in [1.82, 2.24) is 39.7 Å². The number of aliphatic hydroxyl groups excluding tert-OH is 2. The van der Waals surface area contributed by atoms with E-state index in [9.17, 15) is 10.2 Å². The molecule has 3 aromatic rings. The van der Waals surface area contributed by atoms with Gasteiger partial charge in [-0.2, -0.15) is 14.8 Å². The zero-order valence-electron chi connectivity index (χ0n) is 20.8. The predicted octanol–water partition coefficient (Wildman–Crippen LogP) is 0.624. The monoisotopic (exact) mass is 501 g/mol. The van der Waals surface area contributed by atoms with E-state index < -0.39 is 24.5 Å². The lowest BCUT2D eigenvalue weighted by atomic mass is 9.92. The number of rotatable bonds is 8. The van der Waals surface area contributed by atoms with Crippen molar-refractivity contribution in [2.45, 2.75) is 95.0 Å². The summed E-state index contributed by atoms with van der Waals surface area (Å²) in [4.78, 5) is 15.4. The van der Waals surface area contributed by atoms with E-state index in [1.807, 2.05) is 0 Å². The number of ether oxygens (including phenoxy) is 1. The zero-order valence-corrected chi connectivity index (χ0v) is 20.8. The maximum atomic E-state index is 10.9. The van der Waals surface area contributed by atoms with Crippen LogP contribution in [0.25, 0.3) is 11.2 Å². The summed E-state index contributed by atoms with van der Waals surface area (Å²) in [7, 11) is 1.62. The van der Waals surface area contributed by atoms with Gasteiger partial charge in [-0.1, -0.05) is 13.8 Å². The molecule has 0 unspecified atom stereocenters. The molecule has 2 aliphatic rings. The van der Waals surface area contributed by atoms with E-state index in [0.29, 0.717) is 22.9 Å². The third-order valence-corrected chi connectivity index (χ3v) is 7.14. The van der Waals surface area contributed by atoms with Crippen molar-refractivity contribution < 1.29 is 14.9 Å². The summed E-state index contributed by atoms with van der Waals surface area (Å²) in [6.07, 6.45) is 2.81. The summed E-state index contributed by atoms with van der Waals surface area (Å²) in [5.41, 5.74) is 7.12. The van der Waals surface area contributed by atoms with E-state index in [-0.39, 0.29) is 23.9 Å². The van der Waals surface area contributed by atoms with Crippen LogP contribution in [0.1, 0.15) is 70.5 Å². The maximum absolute atomic E-state index is 10.9. The highest BCUT2D eigenvalue weighted by Gasteiger charge is 2.47. The minimum Gasteiger partial charge on any atom is -0.387 e. The highest BCUT2D eigenvalue weighted by atomic mass is 16.6. The summed E-state index contributed by atoms with van der Waals surface area (Å²) in [5, 5.41) is 40.4. The van der Waals surface area contributed by atoms with Crippen LogP contribution in [0, 0.1) is 0 Å². The third kappa shape index (κ3) is 4.73. The van der Waals surface area contributed by atoms with Crippen LogP contribution in [0.3, 0.4) is 0 Å². The smallest absolute Gasteiger partial charge is 0.227 e. The van der Waals surface area contributed by atoms with Crippen LogP contribution in [0.4, 0.5) is 11.8 Å². The first-order chi connectivity index (χ1) is 17.4. The molecule has 1 aliphatic heterocycles. The summed E-state index contributed by atoms with van der Waals surface area (Å²) in [6.45, 7) is 4.24. The summed E-state index contributed by atoms with van der Waals surface area (Å²) < 4.78 is 7.66. The molecule has 5 rings (SSSR count). The molecule has 0 aromatic carbocycles. The Hall–Kier alpha value is -2.94. The first-order valence-electron chi connectivity index (χ1n) is 12.7. The second-order valence-corrected chi connectivity index (χ2v) is 9.70. The standard InChI is InChI=1S/C22H35N11O3/c1-4-12(5-2)25-18-14-20(28-22(27-18)26-13-8-6-11(23)7-9-13)33(10-24-14)21-16(35)15(34)17(36-21)19-29-31-32(3)30-19/h10-13,15-17,21,34-35H,4-9,23H2,1-3H3,(H2,25,26,27,28)/t11-,13-,15-,16+,17-,21+/m0/s1. The van der Waals surface area contributed by atoms with Crippen molar-refractivity contribution in [1.29, 1.82) is 0 Å². The Kier molecular flexibility index (Phi) is 7.01.